The first-order chi connectivity index (χ1) is 12.0. The van der Waals surface area contributed by atoms with Crippen molar-refractivity contribution in [2.75, 3.05) is 13.2 Å². The number of amides is 1. The van der Waals surface area contributed by atoms with Crippen LogP contribution in [0.3, 0.4) is 0 Å². The highest BCUT2D eigenvalue weighted by molar-refractivity contribution is 5.78. The number of benzene rings is 1. The number of carbonyl (C=O) groups is 1. The van der Waals surface area contributed by atoms with Crippen molar-refractivity contribution in [3.05, 3.63) is 58.0 Å². The second-order valence-electron chi connectivity index (χ2n) is 5.32. The van der Waals surface area contributed by atoms with Gasteiger partial charge in [-0.15, -0.1) is 0 Å². The predicted molar refractivity (Wildman–Crippen MR) is 87.7 cm³/mol. The molecule has 0 N–H and O–H groups in total. The molecule has 0 bridgehead atoms. The summed E-state index contributed by atoms with van der Waals surface area (Å²) in [6, 6.07) is 9.93. The van der Waals surface area contributed by atoms with E-state index in [0.717, 1.165) is 5.56 Å². The van der Waals surface area contributed by atoms with Gasteiger partial charge in [0.25, 0.3) is 5.91 Å². The van der Waals surface area contributed by atoms with Crippen molar-refractivity contribution in [2.24, 2.45) is 0 Å². The normalized spacial score (nSPS) is 10.1. The topological polar surface area (TPSA) is 110 Å². The molecule has 0 aliphatic heterocycles. The van der Waals surface area contributed by atoms with Crippen LogP contribution in [0.25, 0.3) is 0 Å². The minimum absolute atomic E-state index is 0.0298. The van der Waals surface area contributed by atoms with Crippen molar-refractivity contribution < 1.29 is 18.9 Å². The molecule has 130 valence electrons. The molecule has 1 aromatic heterocycles. The Morgan fingerprint density at radius 1 is 1.44 bits per heavy atom. The summed E-state index contributed by atoms with van der Waals surface area (Å²) in [5.74, 6) is 0.219. The second-order valence-corrected chi connectivity index (χ2v) is 5.32. The van der Waals surface area contributed by atoms with E-state index in [4.69, 9.17) is 14.4 Å². The van der Waals surface area contributed by atoms with Crippen LogP contribution in [0.2, 0.25) is 0 Å². The fourth-order valence-corrected chi connectivity index (χ4v) is 2.19. The standard InChI is InChI=1S/C17H17N3O5/c1-13-5-6-16(15(10-13)20(22)23)25-12-17(21)19(8-3-7-18)11-14-4-2-9-24-14/h2,4-6,9-10H,3,8,11-12H2,1H3. The molecule has 0 atom stereocenters. The number of aryl methyl sites for hydroxylation is 1. The van der Waals surface area contributed by atoms with Gasteiger partial charge in [-0.25, -0.2) is 0 Å². The largest absolute Gasteiger partial charge is 0.477 e. The van der Waals surface area contributed by atoms with Crippen LogP contribution in [-0.4, -0.2) is 28.9 Å². The van der Waals surface area contributed by atoms with E-state index in [9.17, 15) is 14.9 Å². The van der Waals surface area contributed by atoms with E-state index < -0.39 is 4.92 Å². The van der Waals surface area contributed by atoms with E-state index in [1.807, 2.05) is 6.07 Å². The molecule has 0 saturated carbocycles. The fraction of sp³-hybridized carbons (Fsp3) is 0.294. The van der Waals surface area contributed by atoms with Crippen LogP contribution in [0, 0.1) is 28.4 Å². The molecule has 0 aliphatic rings. The van der Waals surface area contributed by atoms with Gasteiger partial charge in [0, 0.05) is 12.6 Å². The van der Waals surface area contributed by atoms with Gasteiger partial charge in [-0.05, 0) is 30.7 Å². The summed E-state index contributed by atoms with van der Waals surface area (Å²) in [5.41, 5.74) is 0.529. The van der Waals surface area contributed by atoms with Gasteiger partial charge < -0.3 is 14.1 Å². The molecule has 25 heavy (non-hydrogen) atoms. The molecule has 8 heteroatoms. The lowest BCUT2D eigenvalue weighted by Crippen LogP contribution is -2.35. The number of nitro benzene ring substituents is 1. The maximum absolute atomic E-state index is 12.4. The summed E-state index contributed by atoms with van der Waals surface area (Å²) >= 11 is 0. The zero-order chi connectivity index (χ0) is 18.2. The summed E-state index contributed by atoms with van der Waals surface area (Å²) in [6.07, 6.45) is 1.66. The molecule has 0 spiro atoms. The van der Waals surface area contributed by atoms with Crippen molar-refractivity contribution in [2.45, 2.75) is 19.9 Å². The third-order valence-electron chi connectivity index (χ3n) is 3.44. The first-order valence-electron chi connectivity index (χ1n) is 7.56. The second kappa shape index (κ2) is 8.49. The Kier molecular flexibility index (Phi) is 6.12. The van der Waals surface area contributed by atoms with E-state index in [1.54, 1.807) is 25.1 Å². The summed E-state index contributed by atoms with van der Waals surface area (Å²) in [4.78, 5) is 24.3. The quantitative estimate of drug-likeness (QED) is 0.538. The van der Waals surface area contributed by atoms with E-state index in [0.29, 0.717) is 5.76 Å². The molecule has 1 aromatic carbocycles. The molecule has 0 fully saturated rings. The third kappa shape index (κ3) is 5.07. The van der Waals surface area contributed by atoms with Crippen LogP contribution in [-0.2, 0) is 11.3 Å². The first kappa shape index (κ1) is 18.0. The molecule has 2 rings (SSSR count). The number of hydrogen-bond acceptors (Lipinski definition) is 6. The SMILES string of the molecule is Cc1ccc(OCC(=O)N(CCC#N)Cc2ccco2)c([N+](=O)[O-])c1. The van der Waals surface area contributed by atoms with Gasteiger partial charge in [-0.2, -0.15) is 5.26 Å². The average molecular weight is 343 g/mol. The van der Waals surface area contributed by atoms with Crippen LogP contribution in [0.4, 0.5) is 5.69 Å². The maximum atomic E-state index is 12.4. The Labute approximate surface area is 144 Å². The molecule has 2 aromatic rings. The summed E-state index contributed by atoms with van der Waals surface area (Å²) < 4.78 is 10.6. The molecule has 0 aliphatic carbocycles. The number of hydrogen-bond donors (Lipinski definition) is 0. The summed E-state index contributed by atoms with van der Waals surface area (Å²) in [5, 5.41) is 19.8. The highest BCUT2D eigenvalue weighted by Gasteiger charge is 2.19. The van der Waals surface area contributed by atoms with Crippen LogP contribution in [0.1, 0.15) is 17.7 Å². The summed E-state index contributed by atoms with van der Waals surface area (Å²) in [7, 11) is 0. The maximum Gasteiger partial charge on any atom is 0.311 e. The number of nitrogens with zero attached hydrogens (tertiary/aromatic N) is 3. The lowest BCUT2D eigenvalue weighted by atomic mass is 10.2. The predicted octanol–water partition coefficient (Wildman–Crippen LogP) is 2.82. The van der Waals surface area contributed by atoms with E-state index in [2.05, 4.69) is 0 Å². The highest BCUT2D eigenvalue weighted by atomic mass is 16.6. The van der Waals surface area contributed by atoms with Gasteiger partial charge in [-0.1, -0.05) is 6.07 Å². The Hall–Kier alpha value is -3.34. The Bertz CT molecular complexity index is 780. The van der Waals surface area contributed by atoms with Crippen molar-refractivity contribution in [3.63, 3.8) is 0 Å². The number of rotatable bonds is 8. The van der Waals surface area contributed by atoms with Crippen molar-refractivity contribution in [3.8, 4) is 11.8 Å². The van der Waals surface area contributed by atoms with Crippen LogP contribution in [0.15, 0.2) is 41.0 Å². The molecule has 1 amide bonds. The summed E-state index contributed by atoms with van der Waals surface area (Å²) in [6.45, 7) is 1.78. The number of nitro groups is 1. The molecule has 0 radical (unpaired) electrons. The molecule has 0 saturated heterocycles. The zero-order valence-corrected chi connectivity index (χ0v) is 13.7. The number of nitriles is 1. The Morgan fingerprint density at radius 3 is 2.88 bits per heavy atom. The van der Waals surface area contributed by atoms with E-state index >= 15 is 0 Å². The highest BCUT2D eigenvalue weighted by Crippen LogP contribution is 2.27. The van der Waals surface area contributed by atoms with Gasteiger partial charge in [0.15, 0.2) is 12.4 Å². The van der Waals surface area contributed by atoms with E-state index in [1.165, 1.54) is 23.3 Å². The first-order valence-corrected chi connectivity index (χ1v) is 7.56. The molecular formula is C17H17N3O5. The van der Waals surface area contributed by atoms with Crippen LogP contribution >= 0.6 is 0 Å². The monoisotopic (exact) mass is 343 g/mol. The Balaban J connectivity index is 2.05. The van der Waals surface area contributed by atoms with Crippen LogP contribution in [0.5, 0.6) is 5.75 Å². The van der Waals surface area contributed by atoms with Gasteiger partial charge >= 0.3 is 5.69 Å². The van der Waals surface area contributed by atoms with Crippen molar-refractivity contribution in [1.82, 2.24) is 4.90 Å². The molecular weight excluding hydrogens is 326 g/mol. The fourth-order valence-electron chi connectivity index (χ4n) is 2.19. The molecule has 8 nitrogen and oxygen atoms in total. The minimum atomic E-state index is -0.552. The van der Waals surface area contributed by atoms with Gasteiger partial charge in [0.05, 0.1) is 30.2 Å². The number of carbonyl (C=O) groups excluding carboxylic acids is 1. The number of ether oxygens (including phenoxy) is 1. The van der Waals surface area contributed by atoms with Crippen molar-refractivity contribution >= 4 is 11.6 Å². The molecule has 1 heterocycles. The average Bonchev–Trinajstić information content (AvgIpc) is 3.10. The lowest BCUT2D eigenvalue weighted by Gasteiger charge is -2.20. The number of furan rings is 1. The Morgan fingerprint density at radius 2 is 2.24 bits per heavy atom. The zero-order valence-electron chi connectivity index (χ0n) is 13.7. The lowest BCUT2D eigenvalue weighted by molar-refractivity contribution is -0.385. The minimum Gasteiger partial charge on any atom is -0.477 e. The van der Waals surface area contributed by atoms with Crippen LogP contribution < -0.4 is 4.74 Å². The van der Waals surface area contributed by atoms with E-state index in [-0.39, 0.29) is 43.5 Å². The smallest absolute Gasteiger partial charge is 0.311 e. The molecule has 0 unspecified atom stereocenters. The van der Waals surface area contributed by atoms with Gasteiger partial charge in [0.2, 0.25) is 0 Å². The van der Waals surface area contributed by atoms with Crippen molar-refractivity contribution in [1.29, 1.82) is 5.26 Å². The van der Waals surface area contributed by atoms with Gasteiger partial charge in [0.1, 0.15) is 5.76 Å². The third-order valence-corrected chi connectivity index (χ3v) is 3.44. The van der Waals surface area contributed by atoms with Gasteiger partial charge in [-0.3, -0.25) is 14.9 Å².